The van der Waals surface area contributed by atoms with Crippen LogP contribution in [-0.2, 0) is 7.05 Å². The summed E-state index contributed by atoms with van der Waals surface area (Å²) in [5.74, 6) is 0.773. The summed E-state index contributed by atoms with van der Waals surface area (Å²) < 4.78 is 9.77. The third kappa shape index (κ3) is 4.71. The SMILES string of the molecule is Cc1c(OCC2CCCCC2)cccc1-c1cccc(-n2ncc(C(=O)O)c2C2CC2c2cn(C)nn2)c1. The number of aromatic carboxylic acids is 1. The fourth-order valence-corrected chi connectivity index (χ4v) is 5.89. The van der Waals surface area contributed by atoms with E-state index in [2.05, 4.69) is 46.6 Å². The Labute approximate surface area is 222 Å². The second-order valence-electron chi connectivity index (χ2n) is 10.7. The first kappa shape index (κ1) is 24.4. The van der Waals surface area contributed by atoms with Gasteiger partial charge in [0.2, 0.25) is 0 Å². The number of carboxylic acids is 1. The highest BCUT2D eigenvalue weighted by molar-refractivity contribution is 5.89. The van der Waals surface area contributed by atoms with Crippen molar-refractivity contribution in [1.29, 1.82) is 0 Å². The van der Waals surface area contributed by atoms with Crippen LogP contribution < -0.4 is 4.74 Å². The number of carboxylic acid groups (broad SMARTS) is 1. The Morgan fingerprint density at radius 1 is 1.11 bits per heavy atom. The normalized spacial score (nSPS) is 19.4. The molecule has 1 N–H and O–H groups in total. The zero-order valence-electron chi connectivity index (χ0n) is 21.9. The quantitative estimate of drug-likeness (QED) is 0.316. The monoisotopic (exact) mass is 511 g/mol. The smallest absolute Gasteiger partial charge is 0.339 e. The van der Waals surface area contributed by atoms with Gasteiger partial charge in [-0.1, -0.05) is 48.7 Å². The molecule has 4 aromatic rings. The molecule has 0 aliphatic heterocycles. The maximum Gasteiger partial charge on any atom is 0.339 e. The zero-order valence-corrected chi connectivity index (χ0v) is 21.9. The van der Waals surface area contributed by atoms with Gasteiger partial charge in [-0.2, -0.15) is 5.10 Å². The van der Waals surface area contributed by atoms with Crippen LogP contribution >= 0.6 is 0 Å². The van der Waals surface area contributed by atoms with Gasteiger partial charge in [0.1, 0.15) is 11.3 Å². The lowest BCUT2D eigenvalue weighted by atomic mass is 9.90. The van der Waals surface area contributed by atoms with Crippen molar-refractivity contribution in [3.63, 3.8) is 0 Å². The van der Waals surface area contributed by atoms with Gasteiger partial charge in [-0.15, -0.1) is 5.10 Å². The van der Waals surface area contributed by atoms with Crippen molar-refractivity contribution >= 4 is 5.97 Å². The number of nitrogens with zero attached hydrogens (tertiary/aromatic N) is 5. The lowest BCUT2D eigenvalue weighted by molar-refractivity contribution is 0.0695. The van der Waals surface area contributed by atoms with E-state index in [1.165, 1.54) is 38.3 Å². The van der Waals surface area contributed by atoms with Crippen molar-refractivity contribution in [2.75, 3.05) is 6.61 Å². The average Bonchev–Trinajstić information content (AvgIpc) is 3.37. The predicted molar refractivity (Wildman–Crippen MR) is 144 cm³/mol. The van der Waals surface area contributed by atoms with E-state index >= 15 is 0 Å². The molecule has 0 spiro atoms. The van der Waals surface area contributed by atoms with E-state index < -0.39 is 5.97 Å². The minimum atomic E-state index is -0.967. The van der Waals surface area contributed by atoms with Crippen LogP contribution in [0.2, 0.25) is 0 Å². The summed E-state index contributed by atoms with van der Waals surface area (Å²) in [6.07, 6.45) is 10.6. The first-order chi connectivity index (χ1) is 18.5. The van der Waals surface area contributed by atoms with Crippen LogP contribution in [0.1, 0.15) is 77.7 Å². The maximum absolute atomic E-state index is 12.1. The first-order valence-electron chi connectivity index (χ1n) is 13.5. The molecule has 2 aliphatic rings. The van der Waals surface area contributed by atoms with Crippen molar-refractivity contribution in [1.82, 2.24) is 24.8 Å². The second kappa shape index (κ2) is 10.1. The van der Waals surface area contributed by atoms with Crippen LogP contribution in [0.15, 0.2) is 54.9 Å². The highest BCUT2D eigenvalue weighted by Gasteiger charge is 2.46. The molecule has 8 heteroatoms. The standard InChI is InChI=1S/C30H33N5O3/c1-19-23(12-7-13-28(19)38-18-20-8-4-3-5-9-20)21-10-6-11-22(14-21)35-29(26(16-31-35)30(36)37)25-15-24(25)27-17-34(2)33-32-27/h6-7,10-14,16-17,20,24-25H,3-5,8-9,15,18H2,1-2H3,(H,36,37). The van der Waals surface area contributed by atoms with Gasteiger partial charge in [0.15, 0.2) is 0 Å². The number of benzene rings is 2. The van der Waals surface area contributed by atoms with E-state index in [1.807, 2.05) is 31.4 Å². The van der Waals surface area contributed by atoms with Gasteiger partial charge in [-0.25, -0.2) is 9.48 Å². The molecule has 2 saturated carbocycles. The Morgan fingerprint density at radius 2 is 1.92 bits per heavy atom. The molecule has 2 fully saturated rings. The Hall–Kier alpha value is -3.94. The highest BCUT2D eigenvalue weighted by atomic mass is 16.5. The summed E-state index contributed by atoms with van der Waals surface area (Å²) in [5, 5.41) is 22.7. The van der Waals surface area contributed by atoms with E-state index in [1.54, 1.807) is 9.36 Å². The third-order valence-electron chi connectivity index (χ3n) is 8.06. The molecule has 38 heavy (non-hydrogen) atoms. The predicted octanol–water partition coefficient (Wildman–Crippen LogP) is 5.90. The van der Waals surface area contributed by atoms with Crippen LogP contribution in [0, 0.1) is 12.8 Å². The molecule has 0 saturated heterocycles. The molecule has 2 unspecified atom stereocenters. The molecule has 0 radical (unpaired) electrons. The fourth-order valence-electron chi connectivity index (χ4n) is 5.89. The first-order valence-corrected chi connectivity index (χ1v) is 13.5. The maximum atomic E-state index is 12.1. The van der Waals surface area contributed by atoms with Gasteiger partial charge in [0.05, 0.1) is 29.9 Å². The summed E-state index contributed by atoms with van der Waals surface area (Å²) >= 11 is 0. The molecule has 8 nitrogen and oxygen atoms in total. The van der Waals surface area contributed by atoms with Gasteiger partial charge in [0, 0.05) is 25.1 Å². The van der Waals surface area contributed by atoms with Crippen LogP contribution in [0.25, 0.3) is 16.8 Å². The number of ether oxygens (including phenoxy) is 1. The molecular formula is C30H33N5O3. The highest BCUT2D eigenvalue weighted by Crippen LogP contribution is 2.55. The summed E-state index contributed by atoms with van der Waals surface area (Å²) in [5.41, 5.74) is 5.93. The molecule has 2 aromatic carbocycles. The Kier molecular flexibility index (Phi) is 6.47. The van der Waals surface area contributed by atoms with Gasteiger partial charge < -0.3 is 9.84 Å². The van der Waals surface area contributed by atoms with Gasteiger partial charge in [-0.05, 0) is 67.0 Å². The fraction of sp³-hybridized carbons (Fsp3) is 0.400. The van der Waals surface area contributed by atoms with E-state index in [4.69, 9.17) is 4.74 Å². The van der Waals surface area contributed by atoms with Crippen molar-refractivity contribution in [2.24, 2.45) is 13.0 Å². The largest absolute Gasteiger partial charge is 0.493 e. The van der Waals surface area contributed by atoms with Crippen molar-refractivity contribution in [2.45, 2.75) is 57.3 Å². The van der Waals surface area contributed by atoms with Crippen LogP contribution in [0.5, 0.6) is 5.75 Å². The summed E-state index contributed by atoms with van der Waals surface area (Å²) in [6.45, 7) is 2.88. The van der Waals surface area contributed by atoms with Crippen molar-refractivity contribution < 1.29 is 14.6 Å². The summed E-state index contributed by atoms with van der Waals surface area (Å²) in [4.78, 5) is 12.1. The minimum absolute atomic E-state index is 0.0298. The molecule has 0 amide bonds. The molecular weight excluding hydrogens is 478 g/mol. The van der Waals surface area contributed by atoms with Gasteiger partial charge in [0.25, 0.3) is 0 Å². The average molecular weight is 512 g/mol. The van der Waals surface area contributed by atoms with Crippen LogP contribution in [0.4, 0.5) is 0 Å². The Bertz CT molecular complexity index is 1470. The van der Waals surface area contributed by atoms with Crippen LogP contribution in [-0.4, -0.2) is 42.5 Å². The number of carbonyl (C=O) groups is 1. The lowest BCUT2D eigenvalue weighted by Gasteiger charge is -2.22. The van der Waals surface area contributed by atoms with E-state index in [0.717, 1.165) is 46.8 Å². The summed E-state index contributed by atoms with van der Waals surface area (Å²) in [7, 11) is 1.84. The number of aryl methyl sites for hydroxylation is 1. The van der Waals surface area contributed by atoms with Gasteiger partial charge >= 0.3 is 5.97 Å². The summed E-state index contributed by atoms with van der Waals surface area (Å²) in [6, 6.07) is 14.3. The molecule has 2 aromatic heterocycles. The topological polar surface area (TPSA) is 95.1 Å². The minimum Gasteiger partial charge on any atom is -0.493 e. The van der Waals surface area contributed by atoms with Crippen LogP contribution in [0.3, 0.4) is 0 Å². The van der Waals surface area contributed by atoms with E-state index in [9.17, 15) is 9.90 Å². The molecule has 196 valence electrons. The number of hydrogen-bond donors (Lipinski definition) is 1. The molecule has 0 bridgehead atoms. The number of hydrogen-bond acceptors (Lipinski definition) is 5. The Balaban J connectivity index is 1.30. The van der Waals surface area contributed by atoms with E-state index in [-0.39, 0.29) is 17.4 Å². The second-order valence-corrected chi connectivity index (χ2v) is 10.7. The molecule has 6 rings (SSSR count). The van der Waals surface area contributed by atoms with Gasteiger partial charge in [-0.3, -0.25) is 4.68 Å². The molecule has 2 atom stereocenters. The lowest BCUT2D eigenvalue weighted by Crippen LogP contribution is -2.15. The molecule has 2 aliphatic carbocycles. The number of rotatable bonds is 8. The third-order valence-corrected chi connectivity index (χ3v) is 8.06. The number of aromatic nitrogens is 5. The Morgan fingerprint density at radius 3 is 2.68 bits per heavy atom. The van der Waals surface area contributed by atoms with Crippen molar-refractivity contribution in [3.05, 3.63) is 77.4 Å². The van der Waals surface area contributed by atoms with E-state index in [0.29, 0.717) is 11.6 Å². The zero-order chi connectivity index (χ0) is 26.2. The molecule has 2 heterocycles. The van der Waals surface area contributed by atoms with Crippen molar-refractivity contribution in [3.8, 4) is 22.6 Å².